The summed E-state index contributed by atoms with van der Waals surface area (Å²) < 4.78 is 0. The Hall–Kier alpha value is -1.62. The minimum Gasteiger partial charge on any atom is -0.503 e. The van der Waals surface area contributed by atoms with Crippen LogP contribution in [0.5, 0.6) is 0 Å². The average Bonchev–Trinajstić information content (AvgIpc) is 3.20. The minimum atomic E-state index is -0.416. The highest BCUT2D eigenvalue weighted by Crippen LogP contribution is 2.45. The lowest BCUT2D eigenvalue weighted by atomic mass is 9.93. The first-order valence-corrected chi connectivity index (χ1v) is 9.15. The number of aryl methyl sites for hydroxylation is 1. The van der Waals surface area contributed by atoms with E-state index < -0.39 is 6.04 Å². The van der Waals surface area contributed by atoms with Crippen molar-refractivity contribution in [1.82, 2.24) is 4.90 Å². The monoisotopic (exact) mass is 333 g/mol. The van der Waals surface area contributed by atoms with E-state index in [4.69, 9.17) is 0 Å². The van der Waals surface area contributed by atoms with Gasteiger partial charge in [0.15, 0.2) is 11.5 Å². The molecule has 0 saturated heterocycles. The number of aliphatic hydroxyl groups is 1. The summed E-state index contributed by atoms with van der Waals surface area (Å²) >= 11 is 1.55. The Morgan fingerprint density at radius 3 is 2.52 bits per heavy atom. The van der Waals surface area contributed by atoms with E-state index in [0.717, 1.165) is 36.1 Å². The van der Waals surface area contributed by atoms with Crippen molar-refractivity contribution in [2.24, 2.45) is 5.92 Å². The molecule has 0 aromatic carbocycles. The van der Waals surface area contributed by atoms with Crippen molar-refractivity contribution in [2.75, 3.05) is 0 Å². The molecule has 1 aliphatic heterocycles. The SMILES string of the molecule is Cc1ccsc1C1C(C(=O)C(C)C)=C(O)C(=O)N1C1CCCC1. The molecule has 0 bridgehead atoms. The lowest BCUT2D eigenvalue weighted by Crippen LogP contribution is -2.38. The van der Waals surface area contributed by atoms with Gasteiger partial charge in [0, 0.05) is 16.8 Å². The summed E-state index contributed by atoms with van der Waals surface area (Å²) in [5.74, 6) is -1.09. The zero-order chi connectivity index (χ0) is 16.7. The highest BCUT2D eigenvalue weighted by molar-refractivity contribution is 7.10. The molecule has 1 unspecified atom stereocenters. The Kier molecular flexibility index (Phi) is 4.32. The van der Waals surface area contributed by atoms with Crippen molar-refractivity contribution in [1.29, 1.82) is 0 Å². The molecular formula is C18H23NO3S. The number of hydrogen-bond acceptors (Lipinski definition) is 4. The third-order valence-corrected chi connectivity index (χ3v) is 5.97. The molecule has 1 aromatic rings. The van der Waals surface area contributed by atoms with Crippen LogP contribution in [0, 0.1) is 12.8 Å². The van der Waals surface area contributed by atoms with Gasteiger partial charge < -0.3 is 10.0 Å². The number of hydrogen-bond donors (Lipinski definition) is 1. The van der Waals surface area contributed by atoms with Crippen molar-refractivity contribution in [3.8, 4) is 0 Å². The summed E-state index contributed by atoms with van der Waals surface area (Å²) in [6.07, 6.45) is 4.09. The molecular weight excluding hydrogens is 310 g/mol. The second-order valence-corrected chi connectivity index (χ2v) is 7.75. The number of carbonyl (C=O) groups excluding carboxylic acids is 2. The zero-order valence-electron chi connectivity index (χ0n) is 13.8. The molecule has 3 rings (SSSR count). The lowest BCUT2D eigenvalue weighted by Gasteiger charge is -2.32. The van der Waals surface area contributed by atoms with Crippen LogP contribution >= 0.6 is 11.3 Å². The molecule has 1 N–H and O–H groups in total. The molecule has 4 nitrogen and oxygen atoms in total. The van der Waals surface area contributed by atoms with Gasteiger partial charge in [-0.05, 0) is 36.8 Å². The van der Waals surface area contributed by atoms with Crippen molar-refractivity contribution >= 4 is 23.0 Å². The molecule has 2 aliphatic rings. The third-order valence-electron chi connectivity index (χ3n) is 4.90. The Labute approximate surface area is 140 Å². The number of rotatable bonds is 4. The van der Waals surface area contributed by atoms with Crippen LogP contribution in [0.3, 0.4) is 0 Å². The Morgan fingerprint density at radius 1 is 1.35 bits per heavy atom. The topological polar surface area (TPSA) is 57.6 Å². The quantitative estimate of drug-likeness (QED) is 0.908. The van der Waals surface area contributed by atoms with Crippen molar-refractivity contribution in [3.05, 3.63) is 33.2 Å². The molecule has 0 radical (unpaired) electrons. The molecule has 23 heavy (non-hydrogen) atoms. The summed E-state index contributed by atoms with van der Waals surface area (Å²) in [6, 6.07) is 1.71. The molecule has 1 aliphatic carbocycles. The Balaban J connectivity index is 2.10. The van der Waals surface area contributed by atoms with E-state index in [1.54, 1.807) is 16.2 Å². The van der Waals surface area contributed by atoms with Gasteiger partial charge in [-0.3, -0.25) is 9.59 Å². The van der Waals surface area contributed by atoms with E-state index in [1.165, 1.54) is 0 Å². The highest BCUT2D eigenvalue weighted by atomic mass is 32.1. The van der Waals surface area contributed by atoms with E-state index >= 15 is 0 Å². The third kappa shape index (κ3) is 2.61. The largest absolute Gasteiger partial charge is 0.503 e. The maximum absolute atomic E-state index is 12.7. The first-order valence-electron chi connectivity index (χ1n) is 8.27. The molecule has 1 atom stereocenters. The van der Waals surface area contributed by atoms with Crippen LogP contribution in [-0.4, -0.2) is 27.7 Å². The fourth-order valence-corrected chi connectivity index (χ4v) is 4.70. The van der Waals surface area contributed by atoms with Gasteiger partial charge in [-0.15, -0.1) is 11.3 Å². The number of ketones is 1. The summed E-state index contributed by atoms with van der Waals surface area (Å²) in [6.45, 7) is 5.61. The zero-order valence-corrected chi connectivity index (χ0v) is 14.7. The fraction of sp³-hybridized carbons (Fsp3) is 0.556. The van der Waals surface area contributed by atoms with Crippen LogP contribution in [0.15, 0.2) is 22.8 Å². The van der Waals surface area contributed by atoms with Crippen molar-refractivity contribution in [3.63, 3.8) is 0 Å². The Bertz CT molecular complexity index is 668. The second-order valence-electron chi connectivity index (χ2n) is 6.80. The van der Waals surface area contributed by atoms with Gasteiger partial charge in [-0.25, -0.2) is 0 Å². The van der Waals surface area contributed by atoms with Gasteiger partial charge in [0.05, 0.1) is 11.6 Å². The van der Waals surface area contributed by atoms with Gasteiger partial charge in [0.2, 0.25) is 0 Å². The van der Waals surface area contributed by atoms with Gasteiger partial charge in [-0.1, -0.05) is 26.7 Å². The molecule has 1 fully saturated rings. The molecule has 2 heterocycles. The number of amides is 1. The summed E-state index contributed by atoms with van der Waals surface area (Å²) in [4.78, 5) is 28.2. The molecule has 5 heteroatoms. The normalized spacial score (nSPS) is 22.7. The number of carbonyl (C=O) groups is 2. The Morgan fingerprint density at radius 2 is 2.00 bits per heavy atom. The van der Waals surface area contributed by atoms with Gasteiger partial charge in [-0.2, -0.15) is 0 Å². The first kappa shape index (κ1) is 16.2. The number of thiophene rings is 1. The van der Waals surface area contributed by atoms with Crippen molar-refractivity contribution in [2.45, 2.75) is 58.5 Å². The summed E-state index contributed by atoms with van der Waals surface area (Å²) in [5.41, 5.74) is 1.36. The van der Waals surface area contributed by atoms with Crippen LogP contribution in [0.1, 0.15) is 56.0 Å². The fourth-order valence-electron chi connectivity index (χ4n) is 3.67. The second kappa shape index (κ2) is 6.11. The lowest BCUT2D eigenvalue weighted by molar-refractivity contribution is -0.131. The highest BCUT2D eigenvalue weighted by Gasteiger charge is 2.47. The molecule has 124 valence electrons. The minimum absolute atomic E-state index is 0.119. The number of Topliss-reactive ketones (excluding diaryl/α,β-unsaturated/α-hetero) is 1. The number of nitrogens with zero attached hydrogens (tertiary/aromatic N) is 1. The van der Waals surface area contributed by atoms with E-state index in [0.29, 0.717) is 5.57 Å². The maximum Gasteiger partial charge on any atom is 0.290 e. The summed E-state index contributed by atoms with van der Waals surface area (Å²) in [5, 5.41) is 12.4. The predicted molar refractivity (Wildman–Crippen MR) is 90.4 cm³/mol. The standard InChI is InChI=1S/C18H23NO3S/c1-10(2)15(20)13-14(17-11(3)8-9-23-17)19(18(22)16(13)21)12-6-4-5-7-12/h8-10,12,14,21H,4-7H2,1-3H3. The molecule has 1 aromatic heterocycles. The van der Waals surface area contributed by atoms with Crippen LogP contribution in [0.2, 0.25) is 0 Å². The van der Waals surface area contributed by atoms with Gasteiger partial charge >= 0.3 is 0 Å². The number of aliphatic hydroxyl groups excluding tert-OH is 1. The van der Waals surface area contributed by atoms with Crippen LogP contribution in [0.4, 0.5) is 0 Å². The van der Waals surface area contributed by atoms with E-state index in [9.17, 15) is 14.7 Å². The van der Waals surface area contributed by atoms with E-state index in [-0.39, 0.29) is 29.4 Å². The van der Waals surface area contributed by atoms with Crippen molar-refractivity contribution < 1.29 is 14.7 Å². The predicted octanol–water partition coefficient (Wildman–Crippen LogP) is 3.92. The van der Waals surface area contributed by atoms with Crippen LogP contribution < -0.4 is 0 Å². The van der Waals surface area contributed by atoms with Gasteiger partial charge in [0.1, 0.15) is 0 Å². The maximum atomic E-state index is 12.7. The summed E-state index contributed by atoms with van der Waals surface area (Å²) in [7, 11) is 0. The molecule has 1 saturated carbocycles. The molecule has 1 amide bonds. The average molecular weight is 333 g/mol. The van der Waals surface area contributed by atoms with Crippen LogP contribution in [-0.2, 0) is 9.59 Å². The van der Waals surface area contributed by atoms with Crippen LogP contribution in [0.25, 0.3) is 0 Å². The van der Waals surface area contributed by atoms with Gasteiger partial charge in [0.25, 0.3) is 5.91 Å². The first-order chi connectivity index (χ1) is 10.9. The van der Waals surface area contributed by atoms with E-state index in [2.05, 4.69) is 0 Å². The molecule has 0 spiro atoms. The van der Waals surface area contributed by atoms with E-state index in [1.807, 2.05) is 32.2 Å². The smallest absolute Gasteiger partial charge is 0.290 e.